The van der Waals surface area contributed by atoms with Gasteiger partial charge in [-0.2, -0.15) is 0 Å². The highest BCUT2D eigenvalue weighted by Gasteiger charge is 2.07. The highest BCUT2D eigenvalue weighted by Crippen LogP contribution is 2.06. The van der Waals surface area contributed by atoms with E-state index in [4.69, 9.17) is 5.11 Å². The molecule has 2 heterocycles. The maximum Gasteiger partial charge on any atom is 0.338 e. The number of aromatic carboxylic acids is 1. The van der Waals surface area contributed by atoms with Crippen molar-refractivity contribution in [2.45, 2.75) is 6.42 Å². The molecule has 0 spiro atoms. The molecule has 0 aliphatic carbocycles. The predicted molar refractivity (Wildman–Crippen MR) is 70.2 cm³/mol. The third kappa shape index (κ3) is 3.48. The molecule has 0 saturated carbocycles. The van der Waals surface area contributed by atoms with E-state index >= 15 is 0 Å². The van der Waals surface area contributed by atoms with Crippen LogP contribution in [-0.2, 0) is 6.42 Å². The lowest BCUT2D eigenvalue weighted by Gasteiger charge is -2.16. The van der Waals surface area contributed by atoms with E-state index in [1.807, 2.05) is 30.1 Å². The Morgan fingerprint density at radius 1 is 1.26 bits per heavy atom. The summed E-state index contributed by atoms with van der Waals surface area (Å²) in [5.74, 6) is -0.524. The van der Waals surface area contributed by atoms with E-state index in [1.54, 1.807) is 6.20 Å². The molecule has 2 aromatic rings. The van der Waals surface area contributed by atoms with E-state index in [2.05, 4.69) is 15.0 Å². The van der Waals surface area contributed by atoms with Crippen LogP contribution in [0.5, 0.6) is 0 Å². The number of hydrogen-bond acceptors (Lipinski definition) is 5. The van der Waals surface area contributed by atoms with Crippen LogP contribution in [0.3, 0.4) is 0 Å². The molecule has 2 aromatic heterocycles. The van der Waals surface area contributed by atoms with E-state index in [1.165, 1.54) is 12.4 Å². The number of carbonyl (C=O) groups is 1. The second kappa shape index (κ2) is 5.90. The molecule has 0 atom stereocenters. The SMILES string of the molecule is CN(CCc1ccccn1)c1ncc(C(=O)O)cn1. The molecule has 1 N–H and O–H groups in total. The number of hydrogen-bond donors (Lipinski definition) is 1. The number of likely N-dealkylation sites (N-methyl/N-ethyl adjacent to an activating group) is 1. The first-order valence-electron chi connectivity index (χ1n) is 5.83. The van der Waals surface area contributed by atoms with Crippen LogP contribution in [0.4, 0.5) is 5.95 Å². The summed E-state index contributed by atoms with van der Waals surface area (Å²) in [5.41, 5.74) is 1.08. The molecular formula is C13H14N4O2. The Morgan fingerprint density at radius 3 is 2.58 bits per heavy atom. The van der Waals surface area contributed by atoms with Crippen molar-refractivity contribution in [3.05, 3.63) is 48.0 Å². The van der Waals surface area contributed by atoms with Crippen LogP contribution in [0.25, 0.3) is 0 Å². The summed E-state index contributed by atoms with van der Waals surface area (Å²) in [6, 6.07) is 5.78. The first-order valence-corrected chi connectivity index (χ1v) is 5.83. The van der Waals surface area contributed by atoms with Gasteiger partial charge in [0.15, 0.2) is 0 Å². The molecule has 0 radical (unpaired) electrons. The maximum absolute atomic E-state index is 10.7. The van der Waals surface area contributed by atoms with Gasteiger partial charge in [-0.3, -0.25) is 4.98 Å². The fourth-order valence-electron chi connectivity index (χ4n) is 1.56. The smallest absolute Gasteiger partial charge is 0.338 e. The molecule has 0 aliphatic heterocycles. The first-order chi connectivity index (χ1) is 9.16. The second-order valence-corrected chi connectivity index (χ2v) is 4.07. The summed E-state index contributed by atoms with van der Waals surface area (Å²) < 4.78 is 0. The Kier molecular flexibility index (Phi) is 4.02. The van der Waals surface area contributed by atoms with Crippen LogP contribution in [0.15, 0.2) is 36.8 Å². The summed E-state index contributed by atoms with van der Waals surface area (Å²) in [7, 11) is 1.86. The topological polar surface area (TPSA) is 79.2 Å². The average molecular weight is 258 g/mol. The Labute approximate surface area is 110 Å². The lowest BCUT2D eigenvalue weighted by molar-refractivity contribution is 0.0696. The van der Waals surface area contributed by atoms with E-state index in [-0.39, 0.29) is 5.56 Å². The zero-order valence-electron chi connectivity index (χ0n) is 10.5. The Morgan fingerprint density at radius 2 is 2.00 bits per heavy atom. The molecule has 0 aromatic carbocycles. The molecule has 0 saturated heterocycles. The predicted octanol–water partition coefficient (Wildman–Crippen LogP) is 1.25. The number of aromatic nitrogens is 3. The Balaban J connectivity index is 1.96. The normalized spacial score (nSPS) is 10.2. The average Bonchev–Trinajstić information content (AvgIpc) is 2.46. The molecule has 0 amide bonds. The van der Waals surface area contributed by atoms with Gasteiger partial charge in [0.2, 0.25) is 5.95 Å². The largest absolute Gasteiger partial charge is 0.478 e. The number of carboxylic acids is 1. The van der Waals surface area contributed by atoms with E-state index in [0.717, 1.165) is 12.1 Å². The third-order valence-corrected chi connectivity index (χ3v) is 2.66. The molecule has 0 aliphatic rings. The van der Waals surface area contributed by atoms with Crippen molar-refractivity contribution in [3.8, 4) is 0 Å². The van der Waals surface area contributed by atoms with Crippen LogP contribution >= 0.6 is 0 Å². The summed E-state index contributed by atoms with van der Waals surface area (Å²) in [5, 5.41) is 8.76. The van der Waals surface area contributed by atoms with Gasteiger partial charge in [0.1, 0.15) is 0 Å². The minimum atomic E-state index is -1.03. The van der Waals surface area contributed by atoms with Crippen LogP contribution in [0, 0.1) is 0 Å². The van der Waals surface area contributed by atoms with Crippen LogP contribution in [0.2, 0.25) is 0 Å². The van der Waals surface area contributed by atoms with Crippen molar-refractivity contribution >= 4 is 11.9 Å². The molecule has 6 heteroatoms. The minimum absolute atomic E-state index is 0.0851. The third-order valence-electron chi connectivity index (χ3n) is 2.66. The zero-order valence-corrected chi connectivity index (χ0v) is 10.5. The Hall–Kier alpha value is -2.50. The van der Waals surface area contributed by atoms with Gasteiger partial charge in [-0.1, -0.05) is 6.07 Å². The highest BCUT2D eigenvalue weighted by molar-refractivity contribution is 5.86. The van der Waals surface area contributed by atoms with Gasteiger partial charge < -0.3 is 10.0 Å². The van der Waals surface area contributed by atoms with Gasteiger partial charge in [0.05, 0.1) is 5.56 Å². The van der Waals surface area contributed by atoms with E-state index < -0.39 is 5.97 Å². The van der Waals surface area contributed by atoms with Gasteiger partial charge in [0, 0.05) is 44.3 Å². The summed E-state index contributed by atoms with van der Waals surface area (Å²) in [6.07, 6.45) is 5.15. The van der Waals surface area contributed by atoms with Gasteiger partial charge in [0.25, 0.3) is 0 Å². The number of carboxylic acid groups (broad SMARTS) is 1. The van der Waals surface area contributed by atoms with Crippen LogP contribution in [0.1, 0.15) is 16.1 Å². The number of pyridine rings is 1. The molecule has 19 heavy (non-hydrogen) atoms. The van der Waals surface area contributed by atoms with Gasteiger partial charge in [-0.25, -0.2) is 14.8 Å². The van der Waals surface area contributed by atoms with Crippen molar-refractivity contribution < 1.29 is 9.90 Å². The fourth-order valence-corrected chi connectivity index (χ4v) is 1.56. The van der Waals surface area contributed by atoms with Gasteiger partial charge >= 0.3 is 5.97 Å². The molecule has 98 valence electrons. The molecular weight excluding hydrogens is 244 g/mol. The lowest BCUT2D eigenvalue weighted by atomic mass is 10.2. The highest BCUT2D eigenvalue weighted by atomic mass is 16.4. The van der Waals surface area contributed by atoms with Crippen molar-refractivity contribution in [3.63, 3.8) is 0 Å². The van der Waals surface area contributed by atoms with Crippen molar-refractivity contribution in [1.29, 1.82) is 0 Å². The molecule has 6 nitrogen and oxygen atoms in total. The fraction of sp³-hybridized carbons (Fsp3) is 0.231. The van der Waals surface area contributed by atoms with Crippen molar-refractivity contribution in [2.75, 3.05) is 18.5 Å². The Bertz CT molecular complexity index is 542. The molecule has 0 unspecified atom stereocenters. The zero-order chi connectivity index (χ0) is 13.7. The van der Waals surface area contributed by atoms with Crippen LogP contribution in [-0.4, -0.2) is 39.6 Å². The second-order valence-electron chi connectivity index (χ2n) is 4.07. The quantitative estimate of drug-likeness (QED) is 0.869. The summed E-state index contributed by atoms with van der Waals surface area (Å²) >= 11 is 0. The first kappa shape index (κ1) is 12.9. The van der Waals surface area contributed by atoms with E-state index in [0.29, 0.717) is 12.5 Å². The van der Waals surface area contributed by atoms with Crippen molar-refractivity contribution in [2.24, 2.45) is 0 Å². The summed E-state index contributed by atoms with van der Waals surface area (Å²) in [4.78, 5) is 24.8. The molecule has 0 fully saturated rings. The van der Waals surface area contributed by atoms with Gasteiger partial charge in [-0.15, -0.1) is 0 Å². The van der Waals surface area contributed by atoms with E-state index in [9.17, 15) is 4.79 Å². The lowest BCUT2D eigenvalue weighted by Crippen LogP contribution is -2.23. The monoisotopic (exact) mass is 258 g/mol. The van der Waals surface area contributed by atoms with Crippen LogP contribution < -0.4 is 4.90 Å². The molecule has 2 rings (SSSR count). The van der Waals surface area contributed by atoms with Gasteiger partial charge in [-0.05, 0) is 12.1 Å². The summed E-state index contributed by atoms with van der Waals surface area (Å²) in [6.45, 7) is 0.712. The minimum Gasteiger partial charge on any atom is -0.478 e. The number of anilines is 1. The standard InChI is InChI=1S/C13H14N4O2/c1-17(7-5-11-4-2-3-6-14-11)13-15-8-10(9-16-13)12(18)19/h2-4,6,8-9H,5,7H2,1H3,(H,18,19). The number of rotatable bonds is 5. The van der Waals surface area contributed by atoms with Crippen molar-refractivity contribution in [1.82, 2.24) is 15.0 Å². The maximum atomic E-state index is 10.7. The molecule has 0 bridgehead atoms. The number of nitrogens with zero attached hydrogens (tertiary/aromatic N) is 4.